The molecule has 1 amide bonds. The van der Waals surface area contributed by atoms with Gasteiger partial charge in [0, 0.05) is 32.1 Å². The monoisotopic (exact) mass is 396 g/mol. The molecule has 1 aromatic heterocycles. The molecule has 1 aromatic carbocycles. The van der Waals surface area contributed by atoms with Crippen molar-refractivity contribution < 1.29 is 14.3 Å². The minimum absolute atomic E-state index is 0.00806. The highest BCUT2D eigenvalue weighted by atomic mass is 16.5. The second-order valence-corrected chi connectivity index (χ2v) is 7.57. The molecule has 2 heterocycles. The van der Waals surface area contributed by atoms with E-state index >= 15 is 0 Å². The molecular formula is C22H28N4O3. The van der Waals surface area contributed by atoms with E-state index in [1.54, 1.807) is 6.92 Å². The lowest BCUT2D eigenvalue weighted by Gasteiger charge is -2.36. The largest absolute Gasteiger partial charge is 0.494 e. The van der Waals surface area contributed by atoms with Crippen LogP contribution in [0, 0.1) is 0 Å². The molecule has 1 aliphatic carbocycles. The Balaban J connectivity index is 1.27. The Hall–Kier alpha value is -2.83. The molecule has 1 saturated carbocycles. The summed E-state index contributed by atoms with van der Waals surface area (Å²) in [5.74, 6) is 2.97. The van der Waals surface area contributed by atoms with Crippen molar-refractivity contribution in [3.63, 3.8) is 0 Å². The van der Waals surface area contributed by atoms with Crippen LogP contribution in [0.4, 0.5) is 5.82 Å². The number of hydrogen-bond donors (Lipinski definition) is 0. The van der Waals surface area contributed by atoms with Crippen molar-refractivity contribution in [3.8, 4) is 11.5 Å². The summed E-state index contributed by atoms with van der Waals surface area (Å²) in [6.07, 6.45) is 1.93. The van der Waals surface area contributed by atoms with Crippen molar-refractivity contribution in [2.24, 2.45) is 0 Å². The molecular weight excluding hydrogens is 368 g/mol. The van der Waals surface area contributed by atoms with Gasteiger partial charge in [0.1, 0.15) is 11.5 Å². The maximum Gasteiger partial charge on any atom is 0.263 e. The third-order valence-electron chi connectivity index (χ3n) is 5.38. The first-order valence-corrected chi connectivity index (χ1v) is 10.4. The zero-order valence-corrected chi connectivity index (χ0v) is 17.1. The Morgan fingerprint density at radius 3 is 2.31 bits per heavy atom. The van der Waals surface area contributed by atoms with E-state index in [1.165, 1.54) is 12.8 Å². The van der Waals surface area contributed by atoms with Crippen LogP contribution in [0.2, 0.25) is 0 Å². The second-order valence-electron chi connectivity index (χ2n) is 7.57. The topological polar surface area (TPSA) is 67.8 Å². The maximum absolute atomic E-state index is 12.8. The molecule has 0 bridgehead atoms. The van der Waals surface area contributed by atoms with Crippen LogP contribution in [0.5, 0.6) is 11.5 Å². The van der Waals surface area contributed by atoms with Gasteiger partial charge in [-0.15, -0.1) is 5.10 Å². The highest BCUT2D eigenvalue weighted by molar-refractivity contribution is 5.81. The van der Waals surface area contributed by atoms with Gasteiger partial charge in [-0.3, -0.25) is 4.79 Å². The molecule has 0 spiro atoms. The van der Waals surface area contributed by atoms with Crippen molar-refractivity contribution >= 4 is 11.7 Å². The number of piperazine rings is 1. The van der Waals surface area contributed by atoms with Gasteiger partial charge in [-0.1, -0.05) is 0 Å². The third-order valence-corrected chi connectivity index (χ3v) is 5.38. The standard InChI is InChI=1S/C22H28N4O3/c1-3-28-18-6-8-19(9-7-18)29-16(2)22(27)26-14-12-25(13-15-26)21-11-10-20(23-24-21)17-4-5-17/h6-11,16-17H,3-5,12-15H2,1-2H3. The minimum atomic E-state index is -0.530. The Labute approximate surface area is 171 Å². The van der Waals surface area contributed by atoms with E-state index in [4.69, 9.17) is 9.47 Å². The van der Waals surface area contributed by atoms with Crippen LogP contribution < -0.4 is 14.4 Å². The van der Waals surface area contributed by atoms with Crippen molar-refractivity contribution in [2.75, 3.05) is 37.7 Å². The van der Waals surface area contributed by atoms with Crippen LogP contribution >= 0.6 is 0 Å². The Bertz CT molecular complexity index is 813. The van der Waals surface area contributed by atoms with Gasteiger partial charge in [0.05, 0.1) is 12.3 Å². The molecule has 4 rings (SSSR count). The van der Waals surface area contributed by atoms with E-state index in [9.17, 15) is 4.79 Å². The average molecular weight is 396 g/mol. The van der Waals surface area contributed by atoms with Gasteiger partial charge < -0.3 is 19.3 Å². The summed E-state index contributed by atoms with van der Waals surface area (Å²) in [6, 6.07) is 11.5. The van der Waals surface area contributed by atoms with Gasteiger partial charge in [-0.25, -0.2) is 0 Å². The number of aromatic nitrogens is 2. The van der Waals surface area contributed by atoms with Gasteiger partial charge >= 0.3 is 0 Å². The quantitative estimate of drug-likeness (QED) is 0.717. The molecule has 2 aliphatic rings. The number of rotatable bonds is 7. The number of nitrogens with zero attached hydrogens (tertiary/aromatic N) is 4. The number of carbonyl (C=O) groups excluding carboxylic acids is 1. The highest BCUT2D eigenvalue weighted by Crippen LogP contribution is 2.38. The smallest absolute Gasteiger partial charge is 0.263 e. The van der Waals surface area contributed by atoms with E-state index < -0.39 is 6.10 Å². The van der Waals surface area contributed by atoms with Gasteiger partial charge in [-0.05, 0) is 63.1 Å². The molecule has 0 N–H and O–H groups in total. The van der Waals surface area contributed by atoms with E-state index in [0.717, 1.165) is 30.4 Å². The fourth-order valence-corrected chi connectivity index (χ4v) is 3.55. The van der Waals surface area contributed by atoms with Crippen LogP contribution in [-0.4, -0.2) is 59.9 Å². The number of benzene rings is 1. The van der Waals surface area contributed by atoms with Gasteiger partial charge in [-0.2, -0.15) is 5.10 Å². The highest BCUT2D eigenvalue weighted by Gasteiger charge is 2.28. The van der Waals surface area contributed by atoms with E-state index in [0.29, 0.717) is 31.4 Å². The van der Waals surface area contributed by atoms with E-state index in [-0.39, 0.29) is 5.91 Å². The average Bonchev–Trinajstić information content (AvgIpc) is 3.60. The summed E-state index contributed by atoms with van der Waals surface area (Å²) in [4.78, 5) is 16.8. The zero-order valence-electron chi connectivity index (χ0n) is 17.1. The number of ether oxygens (including phenoxy) is 2. The van der Waals surface area contributed by atoms with Crippen LogP contribution in [-0.2, 0) is 4.79 Å². The van der Waals surface area contributed by atoms with Crippen LogP contribution in [0.25, 0.3) is 0 Å². The molecule has 1 saturated heterocycles. The molecule has 7 heteroatoms. The summed E-state index contributed by atoms with van der Waals surface area (Å²) in [7, 11) is 0. The molecule has 1 atom stereocenters. The van der Waals surface area contributed by atoms with Crippen LogP contribution in [0.3, 0.4) is 0 Å². The molecule has 2 fully saturated rings. The lowest BCUT2D eigenvalue weighted by atomic mass is 10.2. The summed E-state index contributed by atoms with van der Waals surface area (Å²) in [5, 5.41) is 8.74. The number of anilines is 1. The molecule has 1 unspecified atom stereocenters. The lowest BCUT2D eigenvalue weighted by molar-refractivity contribution is -0.138. The first-order chi connectivity index (χ1) is 14.1. The summed E-state index contributed by atoms with van der Waals surface area (Å²) < 4.78 is 11.3. The maximum atomic E-state index is 12.8. The fourth-order valence-electron chi connectivity index (χ4n) is 3.55. The fraction of sp³-hybridized carbons (Fsp3) is 0.500. The van der Waals surface area contributed by atoms with Crippen molar-refractivity contribution in [3.05, 3.63) is 42.1 Å². The third kappa shape index (κ3) is 4.78. The molecule has 1 aliphatic heterocycles. The minimum Gasteiger partial charge on any atom is -0.494 e. The predicted molar refractivity (Wildman–Crippen MR) is 111 cm³/mol. The van der Waals surface area contributed by atoms with Crippen molar-refractivity contribution in [2.45, 2.75) is 38.7 Å². The Morgan fingerprint density at radius 2 is 1.72 bits per heavy atom. The molecule has 29 heavy (non-hydrogen) atoms. The van der Waals surface area contributed by atoms with E-state index in [1.807, 2.05) is 36.1 Å². The first kappa shape index (κ1) is 19.5. The lowest BCUT2D eigenvalue weighted by Crippen LogP contribution is -2.52. The zero-order chi connectivity index (χ0) is 20.2. The van der Waals surface area contributed by atoms with Crippen molar-refractivity contribution in [1.82, 2.24) is 15.1 Å². The molecule has 0 radical (unpaired) electrons. The molecule has 2 aromatic rings. The Kier molecular flexibility index (Phi) is 5.83. The predicted octanol–water partition coefficient (Wildman–Crippen LogP) is 2.87. The number of carbonyl (C=O) groups is 1. The Morgan fingerprint density at radius 1 is 1.03 bits per heavy atom. The van der Waals surface area contributed by atoms with E-state index in [2.05, 4.69) is 27.2 Å². The molecule has 154 valence electrons. The summed E-state index contributed by atoms with van der Waals surface area (Å²) in [6.45, 7) is 7.17. The number of hydrogen-bond acceptors (Lipinski definition) is 6. The van der Waals surface area contributed by atoms with Gasteiger partial charge in [0.15, 0.2) is 11.9 Å². The van der Waals surface area contributed by atoms with Gasteiger partial charge in [0.2, 0.25) is 0 Å². The molecule has 7 nitrogen and oxygen atoms in total. The SMILES string of the molecule is CCOc1ccc(OC(C)C(=O)N2CCN(c3ccc(C4CC4)nn3)CC2)cc1. The van der Waals surface area contributed by atoms with Crippen LogP contribution in [0.15, 0.2) is 36.4 Å². The summed E-state index contributed by atoms with van der Waals surface area (Å²) in [5.41, 5.74) is 1.10. The normalized spacial score (nSPS) is 17.7. The van der Waals surface area contributed by atoms with Crippen molar-refractivity contribution in [1.29, 1.82) is 0 Å². The number of amides is 1. The van der Waals surface area contributed by atoms with Crippen LogP contribution in [0.1, 0.15) is 38.3 Å². The summed E-state index contributed by atoms with van der Waals surface area (Å²) >= 11 is 0. The first-order valence-electron chi connectivity index (χ1n) is 10.4. The van der Waals surface area contributed by atoms with Gasteiger partial charge in [0.25, 0.3) is 5.91 Å². The second kappa shape index (κ2) is 8.68.